The van der Waals surface area contributed by atoms with Gasteiger partial charge in [0.2, 0.25) is 0 Å². The van der Waals surface area contributed by atoms with Gasteiger partial charge in [0.05, 0.1) is 26.0 Å². The van der Waals surface area contributed by atoms with E-state index in [9.17, 15) is 4.79 Å². The van der Waals surface area contributed by atoms with Gasteiger partial charge in [0.25, 0.3) is 5.56 Å². The highest BCUT2D eigenvalue weighted by molar-refractivity contribution is 5.16. The average Bonchev–Trinajstić information content (AvgIpc) is 2.10. The predicted molar refractivity (Wildman–Crippen MR) is 52.3 cm³/mol. The van der Waals surface area contributed by atoms with Crippen LogP contribution < -0.4 is 5.56 Å². The maximum absolute atomic E-state index is 11.7. The van der Waals surface area contributed by atoms with E-state index in [1.807, 2.05) is 13.8 Å². The molecule has 0 spiro atoms. The summed E-state index contributed by atoms with van der Waals surface area (Å²) in [6.45, 7) is 5.93. The van der Waals surface area contributed by atoms with E-state index in [4.69, 9.17) is 4.74 Å². The molecule has 1 aliphatic rings. The molecule has 76 valence electrons. The molecule has 0 radical (unpaired) electrons. The van der Waals surface area contributed by atoms with Crippen molar-refractivity contribution in [3.8, 4) is 0 Å². The number of rotatable bonds is 2. The smallest absolute Gasteiger partial charge is 0.269 e. The first-order chi connectivity index (χ1) is 6.68. The quantitative estimate of drug-likeness (QED) is 0.689. The molecule has 0 N–H and O–H groups in total. The molecule has 4 nitrogen and oxygen atoms in total. The van der Waals surface area contributed by atoms with Crippen molar-refractivity contribution in [1.82, 2.24) is 9.78 Å². The number of ether oxygens (including phenoxy) is 1. The second-order valence-electron chi connectivity index (χ2n) is 3.84. The molecule has 0 aromatic carbocycles. The first-order valence-electron chi connectivity index (χ1n) is 4.79. The Morgan fingerprint density at radius 1 is 1.57 bits per heavy atom. The second-order valence-corrected chi connectivity index (χ2v) is 3.84. The number of hydrogen-bond donors (Lipinski definition) is 0. The average molecular weight is 194 g/mol. The predicted octanol–water partition coefficient (Wildman–Crippen LogP) is 0.507. The van der Waals surface area contributed by atoms with Crippen molar-refractivity contribution in [2.24, 2.45) is 5.92 Å². The van der Waals surface area contributed by atoms with Crippen LogP contribution in [0.25, 0.3) is 0 Å². The Bertz CT molecular complexity index is 394. The molecule has 4 heteroatoms. The summed E-state index contributed by atoms with van der Waals surface area (Å²) in [5, 5.41) is 4.11. The summed E-state index contributed by atoms with van der Waals surface area (Å²) in [6.07, 6.45) is 1.75. The summed E-state index contributed by atoms with van der Waals surface area (Å²) in [4.78, 5) is 11.7. The molecular formula is C10H14N2O2. The van der Waals surface area contributed by atoms with Gasteiger partial charge in [-0.1, -0.05) is 0 Å². The summed E-state index contributed by atoms with van der Waals surface area (Å²) in [6, 6.07) is 0. The van der Waals surface area contributed by atoms with Crippen molar-refractivity contribution >= 4 is 0 Å². The molecule has 2 rings (SSSR count). The van der Waals surface area contributed by atoms with Gasteiger partial charge in [-0.2, -0.15) is 5.10 Å². The van der Waals surface area contributed by atoms with Crippen LogP contribution in [0.15, 0.2) is 11.0 Å². The molecule has 1 saturated heterocycles. The molecule has 0 amide bonds. The minimum absolute atomic E-state index is 0.0249. The molecule has 2 heterocycles. The third kappa shape index (κ3) is 1.57. The van der Waals surface area contributed by atoms with Gasteiger partial charge in [-0.25, -0.2) is 4.68 Å². The number of aromatic nitrogens is 2. The molecule has 1 fully saturated rings. The first kappa shape index (κ1) is 9.40. The zero-order valence-corrected chi connectivity index (χ0v) is 8.49. The zero-order chi connectivity index (χ0) is 10.1. The summed E-state index contributed by atoms with van der Waals surface area (Å²) in [5.41, 5.74) is 1.77. The lowest BCUT2D eigenvalue weighted by atomic mass is 10.1. The van der Waals surface area contributed by atoms with Crippen molar-refractivity contribution in [3.63, 3.8) is 0 Å². The Labute approximate surface area is 82.5 Å². The molecule has 0 saturated carbocycles. The van der Waals surface area contributed by atoms with Crippen LogP contribution >= 0.6 is 0 Å². The van der Waals surface area contributed by atoms with Crippen molar-refractivity contribution in [2.75, 3.05) is 13.2 Å². The van der Waals surface area contributed by atoms with Crippen molar-refractivity contribution < 1.29 is 4.74 Å². The lowest BCUT2D eigenvalue weighted by molar-refractivity contribution is -0.0414. The fraction of sp³-hybridized carbons (Fsp3) is 0.600. The van der Waals surface area contributed by atoms with Gasteiger partial charge >= 0.3 is 0 Å². The van der Waals surface area contributed by atoms with Gasteiger partial charge in [-0.15, -0.1) is 0 Å². The molecule has 1 aromatic rings. The van der Waals surface area contributed by atoms with Crippen LogP contribution in [-0.4, -0.2) is 23.0 Å². The number of aryl methyl sites for hydroxylation is 1. The summed E-state index contributed by atoms with van der Waals surface area (Å²) in [7, 11) is 0. The van der Waals surface area contributed by atoms with E-state index in [1.165, 1.54) is 4.68 Å². The highest BCUT2D eigenvalue weighted by atomic mass is 16.5. The summed E-state index contributed by atoms with van der Waals surface area (Å²) >= 11 is 0. The maximum Gasteiger partial charge on any atom is 0.269 e. The topological polar surface area (TPSA) is 44.1 Å². The highest BCUT2D eigenvalue weighted by Crippen LogP contribution is 2.11. The van der Waals surface area contributed by atoms with Crippen LogP contribution in [0.5, 0.6) is 0 Å². The Morgan fingerprint density at radius 3 is 2.86 bits per heavy atom. The SMILES string of the molecule is Cc1cnn(CC2COC2)c(=O)c1C. The van der Waals surface area contributed by atoms with Crippen LogP contribution in [0.4, 0.5) is 0 Å². The third-order valence-corrected chi connectivity index (χ3v) is 2.68. The van der Waals surface area contributed by atoms with E-state index in [0.717, 1.165) is 24.3 Å². The molecule has 0 unspecified atom stereocenters. The second kappa shape index (κ2) is 3.53. The molecule has 0 aliphatic carbocycles. The lowest BCUT2D eigenvalue weighted by Crippen LogP contribution is -2.36. The van der Waals surface area contributed by atoms with Gasteiger partial charge in [0.1, 0.15) is 0 Å². The van der Waals surface area contributed by atoms with Crippen LogP contribution in [0.2, 0.25) is 0 Å². The molecule has 14 heavy (non-hydrogen) atoms. The van der Waals surface area contributed by atoms with E-state index in [0.29, 0.717) is 12.5 Å². The fourth-order valence-electron chi connectivity index (χ4n) is 1.43. The zero-order valence-electron chi connectivity index (χ0n) is 8.49. The van der Waals surface area contributed by atoms with Crippen LogP contribution in [0.1, 0.15) is 11.1 Å². The monoisotopic (exact) mass is 194 g/mol. The van der Waals surface area contributed by atoms with E-state index in [2.05, 4.69) is 5.10 Å². The Balaban J connectivity index is 2.25. The van der Waals surface area contributed by atoms with Crippen molar-refractivity contribution in [2.45, 2.75) is 20.4 Å². The van der Waals surface area contributed by atoms with Gasteiger partial charge in [-0.05, 0) is 19.4 Å². The standard InChI is InChI=1S/C10H14N2O2/c1-7-3-11-12(10(13)8(7)2)4-9-5-14-6-9/h3,9H,4-6H2,1-2H3. The van der Waals surface area contributed by atoms with Gasteiger partial charge in [0.15, 0.2) is 0 Å². The number of nitrogens with zero attached hydrogens (tertiary/aromatic N) is 2. The fourth-order valence-corrected chi connectivity index (χ4v) is 1.43. The summed E-state index contributed by atoms with van der Waals surface area (Å²) < 4.78 is 6.59. The normalized spacial score (nSPS) is 16.7. The van der Waals surface area contributed by atoms with Crippen molar-refractivity contribution in [3.05, 3.63) is 27.7 Å². The molecule has 0 atom stereocenters. The van der Waals surface area contributed by atoms with Crippen LogP contribution in [0.3, 0.4) is 0 Å². The van der Waals surface area contributed by atoms with E-state index in [-0.39, 0.29) is 5.56 Å². The van der Waals surface area contributed by atoms with Crippen LogP contribution in [0, 0.1) is 19.8 Å². The Kier molecular flexibility index (Phi) is 2.37. The first-order valence-corrected chi connectivity index (χ1v) is 4.79. The molecule has 1 aromatic heterocycles. The van der Waals surface area contributed by atoms with E-state index < -0.39 is 0 Å². The largest absolute Gasteiger partial charge is 0.381 e. The van der Waals surface area contributed by atoms with Gasteiger partial charge < -0.3 is 4.74 Å². The summed E-state index contributed by atoms with van der Waals surface area (Å²) in [5.74, 6) is 0.460. The highest BCUT2D eigenvalue weighted by Gasteiger charge is 2.20. The minimum atomic E-state index is 0.0249. The van der Waals surface area contributed by atoms with E-state index in [1.54, 1.807) is 6.20 Å². The van der Waals surface area contributed by atoms with Gasteiger partial charge in [0, 0.05) is 11.5 Å². The number of hydrogen-bond acceptors (Lipinski definition) is 3. The lowest BCUT2D eigenvalue weighted by Gasteiger charge is -2.25. The molecule has 0 bridgehead atoms. The Hall–Kier alpha value is -1.16. The van der Waals surface area contributed by atoms with Gasteiger partial charge in [-0.3, -0.25) is 4.79 Å². The Morgan fingerprint density at radius 2 is 2.29 bits per heavy atom. The van der Waals surface area contributed by atoms with Crippen molar-refractivity contribution in [1.29, 1.82) is 0 Å². The maximum atomic E-state index is 11.7. The molecular weight excluding hydrogens is 180 g/mol. The minimum Gasteiger partial charge on any atom is -0.381 e. The molecule has 1 aliphatic heterocycles. The third-order valence-electron chi connectivity index (χ3n) is 2.68. The van der Waals surface area contributed by atoms with Crippen LogP contribution in [-0.2, 0) is 11.3 Å². The van der Waals surface area contributed by atoms with E-state index >= 15 is 0 Å².